The zero-order valence-electron chi connectivity index (χ0n) is 8.00. The van der Waals surface area contributed by atoms with Crippen LogP contribution in [0.1, 0.15) is 24.9 Å². The first kappa shape index (κ1) is 10.1. The Morgan fingerprint density at radius 2 is 2.00 bits per heavy atom. The summed E-state index contributed by atoms with van der Waals surface area (Å²) in [5.74, 6) is 0. The Morgan fingerprint density at radius 3 is 2.43 bits per heavy atom. The molecule has 0 heterocycles. The molecule has 0 aromatic heterocycles. The Kier molecular flexibility index (Phi) is 2.40. The third kappa shape index (κ3) is 1.59. The summed E-state index contributed by atoms with van der Waals surface area (Å²) in [6.07, 6.45) is -0.148. The number of rotatable bonds is 2. The summed E-state index contributed by atoms with van der Waals surface area (Å²) >= 11 is 3.36. The SMILES string of the molecule is CC1(C(N)c2ccc(Br)cc2)CC1F. The van der Waals surface area contributed by atoms with E-state index >= 15 is 0 Å². The summed E-state index contributed by atoms with van der Waals surface area (Å²) in [6.45, 7) is 1.91. The molecule has 1 aliphatic rings. The first-order valence-electron chi connectivity index (χ1n) is 4.69. The first-order valence-corrected chi connectivity index (χ1v) is 5.48. The van der Waals surface area contributed by atoms with Crippen LogP contribution in [0, 0.1) is 5.41 Å². The van der Waals surface area contributed by atoms with E-state index in [1.165, 1.54) is 0 Å². The van der Waals surface area contributed by atoms with Gasteiger partial charge in [0, 0.05) is 15.9 Å². The Labute approximate surface area is 91.6 Å². The van der Waals surface area contributed by atoms with E-state index in [9.17, 15) is 4.39 Å². The molecule has 0 radical (unpaired) electrons. The fourth-order valence-electron chi connectivity index (χ4n) is 1.70. The fourth-order valence-corrected chi connectivity index (χ4v) is 1.96. The van der Waals surface area contributed by atoms with E-state index in [1.807, 2.05) is 31.2 Å². The van der Waals surface area contributed by atoms with E-state index in [0.717, 1.165) is 10.0 Å². The monoisotopic (exact) mass is 257 g/mol. The van der Waals surface area contributed by atoms with Crippen LogP contribution in [0.25, 0.3) is 0 Å². The van der Waals surface area contributed by atoms with Gasteiger partial charge in [0.2, 0.25) is 0 Å². The highest BCUT2D eigenvalue weighted by atomic mass is 79.9. The van der Waals surface area contributed by atoms with Gasteiger partial charge < -0.3 is 5.73 Å². The molecule has 0 saturated heterocycles. The van der Waals surface area contributed by atoms with Crippen LogP contribution in [0.15, 0.2) is 28.7 Å². The molecule has 3 heteroatoms. The standard InChI is InChI=1S/C11H13BrFN/c1-11(6-9(11)13)10(14)7-2-4-8(12)5-3-7/h2-5,9-10H,6,14H2,1H3. The molecule has 1 aliphatic carbocycles. The normalized spacial score (nSPS) is 32.7. The summed E-state index contributed by atoms with van der Waals surface area (Å²) in [5.41, 5.74) is 6.69. The average molecular weight is 258 g/mol. The average Bonchev–Trinajstić information content (AvgIpc) is 2.76. The van der Waals surface area contributed by atoms with Crippen molar-refractivity contribution in [2.24, 2.45) is 11.1 Å². The van der Waals surface area contributed by atoms with E-state index in [4.69, 9.17) is 5.73 Å². The molecule has 1 fully saturated rings. The maximum absolute atomic E-state index is 13.1. The topological polar surface area (TPSA) is 26.0 Å². The lowest BCUT2D eigenvalue weighted by Crippen LogP contribution is -2.22. The van der Waals surface area contributed by atoms with Crippen LogP contribution < -0.4 is 5.73 Å². The lowest BCUT2D eigenvalue weighted by Gasteiger charge is -2.19. The van der Waals surface area contributed by atoms with E-state index in [1.54, 1.807) is 0 Å². The second-order valence-corrected chi connectivity index (χ2v) is 5.12. The second-order valence-electron chi connectivity index (χ2n) is 4.21. The van der Waals surface area contributed by atoms with E-state index < -0.39 is 6.17 Å². The zero-order valence-corrected chi connectivity index (χ0v) is 9.59. The summed E-state index contributed by atoms with van der Waals surface area (Å²) < 4.78 is 14.1. The van der Waals surface area contributed by atoms with Gasteiger partial charge in [-0.1, -0.05) is 35.0 Å². The summed E-state index contributed by atoms with van der Waals surface area (Å²) in [7, 11) is 0. The van der Waals surface area contributed by atoms with Crippen molar-refractivity contribution in [1.29, 1.82) is 0 Å². The van der Waals surface area contributed by atoms with E-state index in [-0.39, 0.29) is 11.5 Å². The molecule has 14 heavy (non-hydrogen) atoms. The van der Waals surface area contributed by atoms with Crippen molar-refractivity contribution in [2.75, 3.05) is 0 Å². The third-order valence-electron chi connectivity index (χ3n) is 3.11. The van der Waals surface area contributed by atoms with Gasteiger partial charge in [0.15, 0.2) is 0 Å². The van der Waals surface area contributed by atoms with Gasteiger partial charge in [-0.3, -0.25) is 0 Å². The lowest BCUT2D eigenvalue weighted by molar-refractivity contribution is 0.332. The third-order valence-corrected chi connectivity index (χ3v) is 3.64. The molecule has 1 nitrogen and oxygen atoms in total. The van der Waals surface area contributed by atoms with Gasteiger partial charge in [0.1, 0.15) is 6.17 Å². The minimum absolute atomic E-state index is 0.189. The van der Waals surface area contributed by atoms with Gasteiger partial charge in [0.25, 0.3) is 0 Å². The van der Waals surface area contributed by atoms with Crippen LogP contribution >= 0.6 is 15.9 Å². The summed E-state index contributed by atoms with van der Waals surface area (Å²) in [6, 6.07) is 7.59. The van der Waals surface area contributed by atoms with Crippen molar-refractivity contribution < 1.29 is 4.39 Å². The largest absolute Gasteiger partial charge is 0.323 e. The van der Waals surface area contributed by atoms with Gasteiger partial charge in [-0.2, -0.15) is 0 Å². The van der Waals surface area contributed by atoms with E-state index in [0.29, 0.717) is 6.42 Å². The van der Waals surface area contributed by atoms with Crippen molar-refractivity contribution in [3.63, 3.8) is 0 Å². The number of hydrogen-bond donors (Lipinski definition) is 1. The molecule has 1 aromatic carbocycles. The molecule has 3 atom stereocenters. The number of benzene rings is 1. The van der Waals surface area contributed by atoms with Crippen LogP contribution in [0.4, 0.5) is 4.39 Å². The number of alkyl halides is 1. The van der Waals surface area contributed by atoms with Gasteiger partial charge in [0.05, 0.1) is 0 Å². The highest BCUT2D eigenvalue weighted by Crippen LogP contribution is 2.55. The quantitative estimate of drug-likeness (QED) is 0.866. The summed E-state index contributed by atoms with van der Waals surface area (Å²) in [4.78, 5) is 0. The van der Waals surface area contributed by atoms with Crippen LogP contribution in [-0.4, -0.2) is 6.17 Å². The molecule has 1 aromatic rings. The molecule has 76 valence electrons. The van der Waals surface area contributed by atoms with Gasteiger partial charge in [-0.25, -0.2) is 4.39 Å². The minimum atomic E-state index is -0.735. The Morgan fingerprint density at radius 1 is 1.50 bits per heavy atom. The maximum atomic E-state index is 13.1. The van der Waals surface area contributed by atoms with Crippen LogP contribution in [0.2, 0.25) is 0 Å². The second kappa shape index (κ2) is 3.31. The Hall–Kier alpha value is -0.410. The Balaban J connectivity index is 2.20. The van der Waals surface area contributed by atoms with Crippen LogP contribution in [0.3, 0.4) is 0 Å². The lowest BCUT2D eigenvalue weighted by atomic mass is 9.92. The van der Waals surface area contributed by atoms with Gasteiger partial charge >= 0.3 is 0 Å². The summed E-state index contributed by atoms with van der Waals surface area (Å²) in [5, 5.41) is 0. The molecule has 0 spiro atoms. The molecular weight excluding hydrogens is 245 g/mol. The smallest absolute Gasteiger partial charge is 0.108 e. The van der Waals surface area contributed by atoms with E-state index in [2.05, 4.69) is 15.9 Å². The molecule has 0 bridgehead atoms. The predicted octanol–water partition coefficient (Wildman–Crippen LogP) is 3.20. The molecule has 0 aliphatic heterocycles. The molecular formula is C11H13BrFN. The molecule has 2 rings (SSSR count). The minimum Gasteiger partial charge on any atom is -0.323 e. The fraction of sp³-hybridized carbons (Fsp3) is 0.455. The molecule has 2 N–H and O–H groups in total. The first-order chi connectivity index (χ1) is 6.54. The van der Waals surface area contributed by atoms with Crippen molar-refractivity contribution in [3.05, 3.63) is 34.3 Å². The van der Waals surface area contributed by atoms with Crippen molar-refractivity contribution in [2.45, 2.75) is 25.6 Å². The molecule has 1 saturated carbocycles. The van der Waals surface area contributed by atoms with Crippen molar-refractivity contribution in [3.8, 4) is 0 Å². The number of hydrogen-bond acceptors (Lipinski definition) is 1. The zero-order chi connectivity index (χ0) is 10.3. The number of nitrogens with two attached hydrogens (primary N) is 1. The van der Waals surface area contributed by atoms with Crippen molar-refractivity contribution in [1.82, 2.24) is 0 Å². The maximum Gasteiger partial charge on any atom is 0.108 e. The highest BCUT2D eigenvalue weighted by Gasteiger charge is 2.55. The molecule has 0 amide bonds. The van der Waals surface area contributed by atoms with Crippen molar-refractivity contribution >= 4 is 15.9 Å². The molecule has 3 unspecified atom stereocenters. The van der Waals surface area contributed by atoms with Gasteiger partial charge in [-0.05, 0) is 24.1 Å². The predicted molar refractivity (Wildman–Crippen MR) is 58.7 cm³/mol. The van der Waals surface area contributed by atoms with Crippen LogP contribution in [-0.2, 0) is 0 Å². The van der Waals surface area contributed by atoms with Crippen LogP contribution in [0.5, 0.6) is 0 Å². The highest BCUT2D eigenvalue weighted by molar-refractivity contribution is 9.10. The number of halogens is 2. The van der Waals surface area contributed by atoms with Gasteiger partial charge in [-0.15, -0.1) is 0 Å². The Bertz CT molecular complexity index is 338.